The van der Waals surface area contributed by atoms with Gasteiger partial charge in [0.1, 0.15) is 0 Å². The van der Waals surface area contributed by atoms with Gasteiger partial charge in [0.25, 0.3) is 0 Å². The minimum atomic E-state index is -4.32. The molecule has 0 spiro atoms. The van der Waals surface area contributed by atoms with Crippen molar-refractivity contribution >= 4 is 6.03 Å². The Hall–Kier alpha value is -1.72. The monoisotopic (exact) mass is 272 g/mol. The van der Waals surface area contributed by atoms with Gasteiger partial charge in [-0.1, -0.05) is 18.2 Å². The maximum Gasteiger partial charge on any atom is 0.416 e. The van der Waals surface area contributed by atoms with Gasteiger partial charge in [-0.3, -0.25) is 0 Å². The number of rotatable bonds is 1. The highest BCUT2D eigenvalue weighted by atomic mass is 19.4. The van der Waals surface area contributed by atoms with Gasteiger partial charge in [-0.25, -0.2) is 4.79 Å². The number of hydrogen-bond donors (Lipinski definition) is 1. The summed E-state index contributed by atoms with van der Waals surface area (Å²) < 4.78 is 37.9. The summed E-state index contributed by atoms with van der Waals surface area (Å²) in [5.41, 5.74) is 5.23. The predicted molar refractivity (Wildman–Crippen MR) is 64.6 cm³/mol. The second-order valence-corrected chi connectivity index (χ2v) is 4.72. The first-order valence-corrected chi connectivity index (χ1v) is 6.09. The third kappa shape index (κ3) is 3.19. The van der Waals surface area contributed by atoms with Crippen LogP contribution in [-0.4, -0.2) is 24.0 Å². The number of carbonyl (C=O) groups is 1. The van der Waals surface area contributed by atoms with E-state index in [1.165, 1.54) is 17.0 Å². The Kier molecular flexibility index (Phi) is 3.68. The van der Waals surface area contributed by atoms with Crippen molar-refractivity contribution in [1.82, 2.24) is 4.90 Å². The molecule has 0 aliphatic carbocycles. The minimum absolute atomic E-state index is 0.0536. The van der Waals surface area contributed by atoms with Crippen LogP contribution in [-0.2, 0) is 6.18 Å². The van der Waals surface area contributed by atoms with E-state index in [4.69, 9.17) is 5.73 Å². The standard InChI is InChI=1S/C13H15F3N2O/c14-13(15,16)11-3-1-2-10(8-11)9-4-6-18(7-5-9)12(17)19/h1-3,8-9H,4-7H2,(H2,17,19). The smallest absolute Gasteiger partial charge is 0.351 e. The van der Waals surface area contributed by atoms with Crippen LogP contribution < -0.4 is 5.73 Å². The lowest BCUT2D eigenvalue weighted by Gasteiger charge is -2.31. The predicted octanol–water partition coefficient (Wildman–Crippen LogP) is 2.96. The normalized spacial score (nSPS) is 17.5. The van der Waals surface area contributed by atoms with E-state index in [2.05, 4.69) is 0 Å². The van der Waals surface area contributed by atoms with E-state index in [-0.39, 0.29) is 5.92 Å². The molecule has 1 aromatic carbocycles. The molecule has 2 rings (SSSR count). The largest absolute Gasteiger partial charge is 0.416 e. The van der Waals surface area contributed by atoms with Crippen LogP contribution in [0, 0.1) is 0 Å². The Morgan fingerprint density at radius 3 is 2.42 bits per heavy atom. The average Bonchev–Trinajstić information content (AvgIpc) is 2.38. The number of carbonyl (C=O) groups excluding carboxylic acids is 1. The number of benzene rings is 1. The number of nitrogens with two attached hydrogens (primary N) is 1. The molecule has 0 unspecified atom stereocenters. The van der Waals surface area contributed by atoms with Crippen molar-refractivity contribution in [3.8, 4) is 0 Å². The van der Waals surface area contributed by atoms with Crippen LogP contribution in [0.25, 0.3) is 0 Å². The third-order valence-corrected chi connectivity index (χ3v) is 3.49. The highest BCUT2D eigenvalue weighted by Gasteiger charge is 2.31. The molecule has 0 saturated carbocycles. The lowest BCUT2D eigenvalue weighted by molar-refractivity contribution is -0.137. The summed E-state index contributed by atoms with van der Waals surface area (Å²) in [4.78, 5) is 12.5. The number of alkyl halides is 3. The van der Waals surface area contributed by atoms with Gasteiger partial charge in [-0.15, -0.1) is 0 Å². The fourth-order valence-electron chi connectivity index (χ4n) is 2.40. The van der Waals surface area contributed by atoms with Crippen LogP contribution in [0.3, 0.4) is 0 Å². The number of piperidine rings is 1. The average molecular weight is 272 g/mol. The first-order chi connectivity index (χ1) is 8.88. The van der Waals surface area contributed by atoms with Gasteiger partial charge in [-0.05, 0) is 30.4 Å². The first kappa shape index (κ1) is 13.7. The molecule has 1 aliphatic rings. The van der Waals surface area contributed by atoms with Gasteiger partial charge in [-0.2, -0.15) is 13.2 Å². The molecule has 6 heteroatoms. The highest BCUT2D eigenvalue weighted by molar-refractivity contribution is 5.72. The van der Waals surface area contributed by atoms with Crippen molar-refractivity contribution in [2.24, 2.45) is 5.73 Å². The second kappa shape index (κ2) is 5.11. The number of primary amides is 1. The number of hydrogen-bond acceptors (Lipinski definition) is 1. The Labute approximate surface area is 109 Å². The lowest BCUT2D eigenvalue weighted by atomic mass is 9.88. The van der Waals surface area contributed by atoms with E-state index in [1.54, 1.807) is 6.07 Å². The molecular weight excluding hydrogens is 257 g/mol. The number of amides is 2. The number of likely N-dealkylation sites (tertiary alicyclic amines) is 1. The van der Waals surface area contributed by atoms with Crippen LogP contribution in [0.2, 0.25) is 0 Å². The zero-order valence-electron chi connectivity index (χ0n) is 10.3. The molecule has 1 fully saturated rings. The van der Waals surface area contributed by atoms with Gasteiger partial charge in [0.05, 0.1) is 5.56 Å². The molecule has 3 nitrogen and oxygen atoms in total. The van der Waals surface area contributed by atoms with Crippen molar-refractivity contribution < 1.29 is 18.0 Å². The fraction of sp³-hybridized carbons (Fsp3) is 0.462. The molecule has 1 saturated heterocycles. The van der Waals surface area contributed by atoms with E-state index in [9.17, 15) is 18.0 Å². The third-order valence-electron chi connectivity index (χ3n) is 3.49. The lowest BCUT2D eigenvalue weighted by Crippen LogP contribution is -2.41. The Bertz CT molecular complexity index is 465. The van der Waals surface area contributed by atoms with E-state index in [0.717, 1.165) is 6.07 Å². The van der Waals surface area contributed by atoms with Crippen molar-refractivity contribution in [2.75, 3.05) is 13.1 Å². The molecule has 19 heavy (non-hydrogen) atoms. The second-order valence-electron chi connectivity index (χ2n) is 4.72. The minimum Gasteiger partial charge on any atom is -0.351 e. The van der Waals surface area contributed by atoms with Gasteiger partial charge >= 0.3 is 12.2 Å². The van der Waals surface area contributed by atoms with Gasteiger partial charge in [0.15, 0.2) is 0 Å². The van der Waals surface area contributed by atoms with Crippen LogP contribution in [0.5, 0.6) is 0 Å². The van der Waals surface area contributed by atoms with Crippen LogP contribution in [0.15, 0.2) is 24.3 Å². The van der Waals surface area contributed by atoms with Crippen molar-refractivity contribution in [2.45, 2.75) is 24.9 Å². The molecule has 2 N–H and O–H groups in total. The summed E-state index contributed by atoms with van der Waals surface area (Å²) in [5.74, 6) is 0.0536. The Morgan fingerprint density at radius 2 is 1.89 bits per heavy atom. The number of urea groups is 1. The van der Waals surface area contributed by atoms with Crippen molar-refractivity contribution in [1.29, 1.82) is 0 Å². The summed E-state index contributed by atoms with van der Waals surface area (Å²) in [6, 6.07) is 4.94. The maximum absolute atomic E-state index is 12.6. The summed E-state index contributed by atoms with van der Waals surface area (Å²) in [6.45, 7) is 0.993. The number of nitrogens with zero attached hydrogens (tertiary/aromatic N) is 1. The summed E-state index contributed by atoms with van der Waals surface area (Å²) in [6.07, 6.45) is -3.03. The summed E-state index contributed by atoms with van der Waals surface area (Å²) in [7, 11) is 0. The van der Waals surface area contributed by atoms with E-state index in [1.807, 2.05) is 0 Å². The van der Waals surface area contributed by atoms with Gasteiger partial charge < -0.3 is 10.6 Å². The van der Waals surface area contributed by atoms with Crippen molar-refractivity contribution in [3.63, 3.8) is 0 Å². The molecule has 0 aromatic heterocycles. The van der Waals surface area contributed by atoms with Gasteiger partial charge in [0.2, 0.25) is 0 Å². The van der Waals surface area contributed by atoms with Crippen molar-refractivity contribution in [3.05, 3.63) is 35.4 Å². The molecule has 1 aromatic rings. The first-order valence-electron chi connectivity index (χ1n) is 6.09. The highest BCUT2D eigenvalue weighted by Crippen LogP contribution is 2.33. The Balaban J connectivity index is 2.10. The zero-order valence-corrected chi connectivity index (χ0v) is 10.3. The molecule has 104 valence electrons. The quantitative estimate of drug-likeness (QED) is 0.839. The van der Waals surface area contributed by atoms with E-state index in [0.29, 0.717) is 31.5 Å². The molecule has 1 aliphatic heterocycles. The molecule has 0 atom stereocenters. The van der Waals surface area contributed by atoms with Crippen LogP contribution >= 0.6 is 0 Å². The van der Waals surface area contributed by atoms with Gasteiger partial charge in [0, 0.05) is 13.1 Å². The zero-order chi connectivity index (χ0) is 14.0. The molecule has 0 radical (unpaired) electrons. The van der Waals surface area contributed by atoms with E-state index >= 15 is 0 Å². The van der Waals surface area contributed by atoms with Crippen LogP contribution in [0.4, 0.5) is 18.0 Å². The summed E-state index contributed by atoms with van der Waals surface area (Å²) >= 11 is 0. The van der Waals surface area contributed by atoms with E-state index < -0.39 is 17.8 Å². The molecular formula is C13H15F3N2O. The SMILES string of the molecule is NC(=O)N1CCC(c2cccc(C(F)(F)F)c2)CC1. The molecule has 1 heterocycles. The topological polar surface area (TPSA) is 46.3 Å². The maximum atomic E-state index is 12.6. The Morgan fingerprint density at radius 1 is 1.26 bits per heavy atom. The molecule has 2 amide bonds. The number of halogens is 3. The van der Waals surface area contributed by atoms with Crippen LogP contribution in [0.1, 0.15) is 29.9 Å². The molecule has 0 bridgehead atoms. The fourth-order valence-corrected chi connectivity index (χ4v) is 2.40. The summed E-state index contributed by atoms with van der Waals surface area (Å²) in [5, 5.41) is 0.